The van der Waals surface area contributed by atoms with Crippen molar-refractivity contribution in [3.8, 4) is 11.1 Å². The lowest BCUT2D eigenvalue weighted by atomic mass is 10.0. The van der Waals surface area contributed by atoms with Crippen molar-refractivity contribution in [3.05, 3.63) is 59.7 Å². The summed E-state index contributed by atoms with van der Waals surface area (Å²) in [7, 11) is 0. The third kappa shape index (κ3) is 2.50. The Kier molecular flexibility index (Phi) is 3.07. The smallest absolute Gasteiger partial charge is 0.207 e. The first kappa shape index (κ1) is 12.5. The van der Waals surface area contributed by atoms with Gasteiger partial charge in [0.1, 0.15) is 11.6 Å². The zero-order chi connectivity index (χ0) is 13.3. The Morgan fingerprint density at radius 1 is 0.833 bits per heavy atom. The minimum Gasteiger partial charge on any atom is -0.207 e. The second-order valence-corrected chi connectivity index (χ2v) is 3.71. The Labute approximate surface area is 99.7 Å². The second kappa shape index (κ2) is 4.40. The Balaban J connectivity index is 2.60. The van der Waals surface area contributed by atoms with Gasteiger partial charge in [0.2, 0.25) is 0 Å². The van der Waals surface area contributed by atoms with Crippen LogP contribution in [0.3, 0.4) is 0 Å². The normalized spacial score (nSPS) is 11.6. The predicted molar refractivity (Wildman–Crippen MR) is 56.8 cm³/mol. The van der Waals surface area contributed by atoms with Crippen LogP contribution in [0.2, 0.25) is 0 Å². The zero-order valence-electron chi connectivity index (χ0n) is 8.93. The fourth-order valence-electron chi connectivity index (χ4n) is 1.60. The number of hydrogen-bond acceptors (Lipinski definition) is 0. The predicted octanol–water partition coefficient (Wildman–Crippen LogP) is 4.65. The van der Waals surface area contributed by atoms with Crippen molar-refractivity contribution in [1.29, 1.82) is 0 Å². The quantitative estimate of drug-likeness (QED) is 0.653. The van der Waals surface area contributed by atoms with Gasteiger partial charge < -0.3 is 0 Å². The number of halogens is 5. The fourth-order valence-corrected chi connectivity index (χ4v) is 1.60. The minimum absolute atomic E-state index is 0.0671. The molecule has 2 aromatic carbocycles. The maximum atomic E-state index is 13.4. The summed E-state index contributed by atoms with van der Waals surface area (Å²) in [6.07, 6.45) is -4.66. The van der Waals surface area contributed by atoms with Crippen LogP contribution < -0.4 is 0 Å². The molecule has 0 amide bonds. The van der Waals surface area contributed by atoms with E-state index >= 15 is 0 Å². The third-order valence-corrected chi connectivity index (χ3v) is 2.41. The molecule has 0 heterocycles. The summed E-state index contributed by atoms with van der Waals surface area (Å²) in [5.41, 5.74) is -1.34. The highest BCUT2D eigenvalue weighted by molar-refractivity contribution is 5.65. The highest BCUT2D eigenvalue weighted by Crippen LogP contribution is 2.33. The Bertz CT molecular complexity index is 572. The van der Waals surface area contributed by atoms with Crippen molar-refractivity contribution in [2.75, 3.05) is 0 Å². The average Bonchev–Trinajstić information content (AvgIpc) is 2.27. The molecule has 0 aliphatic heterocycles. The van der Waals surface area contributed by atoms with Crippen LogP contribution in [0.25, 0.3) is 11.1 Å². The van der Waals surface area contributed by atoms with Gasteiger partial charge in [-0.15, -0.1) is 0 Å². The summed E-state index contributed by atoms with van der Waals surface area (Å²) in [6, 6.07) is 7.25. The molecule has 2 rings (SSSR count). The first-order chi connectivity index (χ1) is 8.38. The van der Waals surface area contributed by atoms with E-state index in [1.807, 2.05) is 0 Å². The summed E-state index contributed by atoms with van der Waals surface area (Å²) in [5, 5.41) is 0. The highest BCUT2D eigenvalue weighted by Gasteiger charge is 2.31. The first-order valence-corrected chi connectivity index (χ1v) is 5.00. The van der Waals surface area contributed by atoms with Gasteiger partial charge >= 0.3 is 6.18 Å². The van der Waals surface area contributed by atoms with E-state index in [1.165, 1.54) is 18.2 Å². The van der Waals surface area contributed by atoms with E-state index in [2.05, 4.69) is 0 Å². The van der Waals surface area contributed by atoms with Gasteiger partial charge in [0.15, 0.2) is 0 Å². The molecule has 18 heavy (non-hydrogen) atoms. The minimum atomic E-state index is -4.66. The van der Waals surface area contributed by atoms with Gasteiger partial charge in [-0.3, -0.25) is 0 Å². The van der Waals surface area contributed by atoms with Crippen LogP contribution in [0, 0.1) is 11.6 Å². The number of rotatable bonds is 1. The third-order valence-electron chi connectivity index (χ3n) is 2.41. The van der Waals surface area contributed by atoms with E-state index in [4.69, 9.17) is 0 Å². The largest absolute Gasteiger partial charge is 0.416 e. The molecule has 0 radical (unpaired) electrons. The van der Waals surface area contributed by atoms with Crippen LogP contribution >= 0.6 is 0 Å². The molecule has 0 spiro atoms. The molecule has 94 valence electrons. The van der Waals surface area contributed by atoms with Gasteiger partial charge in [-0.1, -0.05) is 18.2 Å². The van der Waals surface area contributed by atoms with E-state index < -0.39 is 23.4 Å². The Morgan fingerprint density at radius 2 is 1.50 bits per heavy atom. The lowest BCUT2D eigenvalue weighted by Crippen LogP contribution is -2.05. The van der Waals surface area contributed by atoms with Crippen LogP contribution in [0.5, 0.6) is 0 Å². The van der Waals surface area contributed by atoms with Crippen molar-refractivity contribution in [3.63, 3.8) is 0 Å². The topological polar surface area (TPSA) is 0 Å². The second-order valence-electron chi connectivity index (χ2n) is 3.71. The van der Waals surface area contributed by atoms with Gasteiger partial charge in [0, 0.05) is 5.56 Å². The van der Waals surface area contributed by atoms with Crippen molar-refractivity contribution in [2.24, 2.45) is 0 Å². The summed E-state index contributed by atoms with van der Waals surface area (Å²) >= 11 is 0. The lowest BCUT2D eigenvalue weighted by Gasteiger charge is -2.10. The van der Waals surface area contributed by atoms with Crippen molar-refractivity contribution in [2.45, 2.75) is 6.18 Å². The Morgan fingerprint density at radius 3 is 2.11 bits per heavy atom. The van der Waals surface area contributed by atoms with Gasteiger partial charge in [-0.25, -0.2) is 8.78 Å². The molecule has 2 aromatic rings. The number of alkyl halides is 3. The lowest BCUT2D eigenvalue weighted by molar-refractivity contribution is -0.137. The SMILES string of the molecule is Fc1cc(-c2ccccc2F)cc(C(F)(F)F)c1. The molecule has 0 aliphatic carbocycles. The van der Waals surface area contributed by atoms with E-state index in [0.29, 0.717) is 6.07 Å². The molecular formula is C13H7F5. The molecule has 0 saturated carbocycles. The molecule has 0 atom stereocenters. The molecule has 0 unspecified atom stereocenters. The first-order valence-electron chi connectivity index (χ1n) is 5.00. The average molecular weight is 258 g/mol. The van der Waals surface area contributed by atoms with E-state index in [-0.39, 0.29) is 11.1 Å². The van der Waals surface area contributed by atoms with E-state index in [1.54, 1.807) is 0 Å². The highest BCUT2D eigenvalue weighted by atomic mass is 19.4. The number of benzene rings is 2. The maximum Gasteiger partial charge on any atom is 0.416 e. The molecular weight excluding hydrogens is 251 g/mol. The maximum absolute atomic E-state index is 13.4. The summed E-state index contributed by atoms with van der Waals surface area (Å²) < 4.78 is 64.1. The molecule has 0 aliphatic rings. The van der Waals surface area contributed by atoms with Crippen LogP contribution in [0.4, 0.5) is 22.0 Å². The van der Waals surface area contributed by atoms with E-state index in [9.17, 15) is 22.0 Å². The molecule has 0 saturated heterocycles. The van der Waals surface area contributed by atoms with Gasteiger partial charge in [0.25, 0.3) is 0 Å². The van der Waals surface area contributed by atoms with Crippen molar-refractivity contribution >= 4 is 0 Å². The number of hydrogen-bond donors (Lipinski definition) is 0. The van der Waals surface area contributed by atoms with Crippen LogP contribution in [0.15, 0.2) is 42.5 Å². The molecule has 0 N–H and O–H groups in total. The summed E-state index contributed by atoms with van der Waals surface area (Å²) in [6.45, 7) is 0. The molecule has 0 nitrogen and oxygen atoms in total. The van der Waals surface area contributed by atoms with Crippen LogP contribution in [-0.4, -0.2) is 0 Å². The zero-order valence-corrected chi connectivity index (χ0v) is 8.93. The van der Waals surface area contributed by atoms with Gasteiger partial charge in [-0.2, -0.15) is 13.2 Å². The Hall–Kier alpha value is -1.91. The molecule has 0 fully saturated rings. The standard InChI is InChI=1S/C13H7F5/c14-10-6-8(5-9(7-10)13(16,17)18)11-3-1-2-4-12(11)15/h1-7H. The molecule has 5 heteroatoms. The van der Waals surface area contributed by atoms with Gasteiger partial charge in [0.05, 0.1) is 5.56 Å². The monoisotopic (exact) mass is 258 g/mol. The van der Waals surface area contributed by atoms with Gasteiger partial charge in [-0.05, 0) is 29.8 Å². The summed E-state index contributed by atoms with van der Waals surface area (Å²) in [4.78, 5) is 0. The molecule has 0 bridgehead atoms. The summed E-state index contributed by atoms with van der Waals surface area (Å²) in [5.74, 6) is -1.75. The fraction of sp³-hybridized carbons (Fsp3) is 0.0769. The molecule has 0 aromatic heterocycles. The van der Waals surface area contributed by atoms with Crippen molar-refractivity contribution in [1.82, 2.24) is 0 Å². The van der Waals surface area contributed by atoms with Crippen LogP contribution in [-0.2, 0) is 6.18 Å². The van der Waals surface area contributed by atoms with Crippen LogP contribution in [0.1, 0.15) is 5.56 Å². The van der Waals surface area contributed by atoms with E-state index in [0.717, 1.165) is 18.2 Å². The van der Waals surface area contributed by atoms with Crippen molar-refractivity contribution < 1.29 is 22.0 Å².